The van der Waals surface area contributed by atoms with Crippen LogP contribution in [0.2, 0.25) is 0 Å². The summed E-state index contributed by atoms with van der Waals surface area (Å²) < 4.78 is 1.71. The number of nitrogens with zero attached hydrogens (tertiary/aromatic N) is 5. The van der Waals surface area contributed by atoms with Gasteiger partial charge in [-0.2, -0.15) is 10.4 Å². The minimum atomic E-state index is -0.512. The van der Waals surface area contributed by atoms with E-state index >= 15 is 0 Å². The van der Waals surface area contributed by atoms with Crippen LogP contribution in [0.3, 0.4) is 0 Å². The zero-order chi connectivity index (χ0) is 18.1. The first kappa shape index (κ1) is 16.3. The predicted molar refractivity (Wildman–Crippen MR) is 97.4 cm³/mol. The third-order valence-electron chi connectivity index (χ3n) is 5.29. The summed E-state index contributed by atoms with van der Waals surface area (Å²) in [6.07, 6.45) is 4.57. The van der Waals surface area contributed by atoms with Gasteiger partial charge in [0.15, 0.2) is 0 Å². The van der Waals surface area contributed by atoms with Crippen LogP contribution in [0.4, 0.5) is 0 Å². The van der Waals surface area contributed by atoms with Gasteiger partial charge in [-0.15, -0.1) is 0 Å². The highest BCUT2D eigenvalue weighted by Gasteiger charge is 2.37. The topological polar surface area (TPSA) is 74.8 Å². The number of benzene rings is 1. The molecule has 6 nitrogen and oxygen atoms in total. The van der Waals surface area contributed by atoms with Gasteiger partial charge in [0, 0.05) is 26.3 Å². The molecule has 0 radical (unpaired) electrons. The fourth-order valence-electron chi connectivity index (χ4n) is 3.64. The van der Waals surface area contributed by atoms with Crippen molar-refractivity contribution in [3.05, 3.63) is 59.9 Å². The number of aromatic nitrogens is 3. The number of fused-ring (bicyclic) bond motifs is 1. The smallest absolute Gasteiger partial charge is 0.255 e. The van der Waals surface area contributed by atoms with Gasteiger partial charge in [0.1, 0.15) is 5.52 Å². The largest absolute Gasteiger partial charge is 0.338 e. The van der Waals surface area contributed by atoms with Crippen molar-refractivity contribution in [2.24, 2.45) is 7.05 Å². The summed E-state index contributed by atoms with van der Waals surface area (Å²) in [6, 6.07) is 14.2. The summed E-state index contributed by atoms with van der Waals surface area (Å²) in [4.78, 5) is 19.0. The number of hydrogen-bond acceptors (Lipinski definition) is 4. The molecule has 0 spiro atoms. The standard InChI is InChI=1S/C20H19N5O/c1-24-18-11-15(12-22-17(18)13-23-24)19(26)25-9-7-20(14-21,8-10-25)16-5-3-2-4-6-16/h2-6,11-13H,7-10H2,1H3. The molecule has 3 heterocycles. The highest BCUT2D eigenvalue weighted by Crippen LogP contribution is 2.35. The highest BCUT2D eigenvalue weighted by molar-refractivity contribution is 5.96. The average Bonchev–Trinajstić information content (AvgIpc) is 3.08. The quantitative estimate of drug-likeness (QED) is 0.716. The van der Waals surface area contributed by atoms with E-state index in [1.807, 2.05) is 48.3 Å². The molecule has 0 unspecified atom stereocenters. The monoisotopic (exact) mass is 345 g/mol. The van der Waals surface area contributed by atoms with E-state index in [1.54, 1.807) is 17.1 Å². The first-order chi connectivity index (χ1) is 12.6. The van der Waals surface area contributed by atoms with Crippen molar-refractivity contribution in [3.8, 4) is 6.07 Å². The maximum Gasteiger partial charge on any atom is 0.255 e. The lowest BCUT2D eigenvalue weighted by molar-refractivity contribution is 0.0691. The van der Waals surface area contributed by atoms with Gasteiger partial charge in [-0.3, -0.25) is 14.5 Å². The van der Waals surface area contributed by atoms with Crippen molar-refractivity contribution in [3.63, 3.8) is 0 Å². The van der Waals surface area contributed by atoms with E-state index in [-0.39, 0.29) is 5.91 Å². The molecule has 1 fully saturated rings. The number of nitriles is 1. The van der Waals surface area contributed by atoms with Gasteiger partial charge in [-0.25, -0.2) is 0 Å². The lowest BCUT2D eigenvalue weighted by Gasteiger charge is -2.37. The average molecular weight is 345 g/mol. The molecule has 1 aliphatic heterocycles. The second-order valence-electron chi connectivity index (χ2n) is 6.75. The summed E-state index contributed by atoms with van der Waals surface area (Å²) in [5, 5.41) is 14.0. The van der Waals surface area contributed by atoms with E-state index in [9.17, 15) is 10.1 Å². The minimum Gasteiger partial charge on any atom is -0.338 e. The van der Waals surface area contributed by atoms with E-state index in [2.05, 4.69) is 16.2 Å². The van der Waals surface area contributed by atoms with Gasteiger partial charge in [0.2, 0.25) is 0 Å². The predicted octanol–water partition coefficient (Wildman–Crippen LogP) is 2.67. The zero-order valence-electron chi connectivity index (χ0n) is 14.6. The second kappa shape index (κ2) is 6.26. The van der Waals surface area contributed by atoms with Crippen LogP contribution in [-0.2, 0) is 12.5 Å². The van der Waals surface area contributed by atoms with E-state index in [4.69, 9.17) is 0 Å². The Bertz CT molecular complexity index is 994. The Morgan fingerprint density at radius 2 is 1.92 bits per heavy atom. The SMILES string of the molecule is Cn1ncc2ncc(C(=O)N3CCC(C#N)(c4ccccc4)CC3)cc21. The number of pyridine rings is 1. The summed E-state index contributed by atoms with van der Waals surface area (Å²) in [6.45, 7) is 1.12. The van der Waals surface area contributed by atoms with Crippen molar-refractivity contribution in [2.45, 2.75) is 18.3 Å². The molecular weight excluding hydrogens is 326 g/mol. The maximum absolute atomic E-state index is 12.9. The van der Waals surface area contributed by atoms with Crippen LogP contribution in [-0.4, -0.2) is 38.7 Å². The lowest BCUT2D eigenvalue weighted by Crippen LogP contribution is -2.44. The van der Waals surface area contributed by atoms with Gasteiger partial charge in [0.05, 0.1) is 28.8 Å². The number of hydrogen-bond donors (Lipinski definition) is 0. The molecule has 0 N–H and O–H groups in total. The van der Waals surface area contributed by atoms with Gasteiger partial charge >= 0.3 is 0 Å². The number of likely N-dealkylation sites (tertiary alicyclic amines) is 1. The first-order valence-electron chi connectivity index (χ1n) is 8.67. The van der Waals surface area contributed by atoms with E-state index < -0.39 is 5.41 Å². The van der Waals surface area contributed by atoms with E-state index in [0.717, 1.165) is 16.6 Å². The molecule has 4 rings (SSSR count). The van der Waals surface area contributed by atoms with Gasteiger partial charge in [-0.1, -0.05) is 30.3 Å². The summed E-state index contributed by atoms with van der Waals surface area (Å²) >= 11 is 0. The van der Waals surface area contributed by atoms with Crippen LogP contribution in [0.5, 0.6) is 0 Å². The van der Waals surface area contributed by atoms with Crippen LogP contribution < -0.4 is 0 Å². The van der Waals surface area contributed by atoms with Crippen molar-refractivity contribution < 1.29 is 4.79 Å². The zero-order valence-corrected chi connectivity index (χ0v) is 14.6. The third kappa shape index (κ3) is 2.62. The van der Waals surface area contributed by atoms with Crippen LogP contribution in [0.25, 0.3) is 11.0 Å². The lowest BCUT2D eigenvalue weighted by atomic mass is 9.74. The molecule has 6 heteroatoms. The Labute approximate surface area is 151 Å². The van der Waals surface area contributed by atoms with Crippen LogP contribution in [0.15, 0.2) is 48.8 Å². The summed E-state index contributed by atoms with van der Waals surface area (Å²) in [5.41, 5.74) is 2.69. The van der Waals surface area contributed by atoms with Crippen molar-refractivity contribution in [2.75, 3.05) is 13.1 Å². The van der Waals surface area contributed by atoms with E-state index in [1.165, 1.54) is 0 Å². The molecule has 0 aliphatic carbocycles. The van der Waals surface area contributed by atoms with E-state index in [0.29, 0.717) is 31.5 Å². The second-order valence-corrected chi connectivity index (χ2v) is 6.75. The van der Waals surface area contributed by atoms with Crippen molar-refractivity contribution in [1.82, 2.24) is 19.7 Å². The van der Waals surface area contributed by atoms with Crippen LogP contribution in [0, 0.1) is 11.3 Å². The number of piperidine rings is 1. The fourth-order valence-corrected chi connectivity index (χ4v) is 3.64. The first-order valence-corrected chi connectivity index (χ1v) is 8.67. The molecule has 0 bridgehead atoms. The molecule has 1 saturated heterocycles. The van der Waals surface area contributed by atoms with Crippen molar-refractivity contribution >= 4 is 16.9 Å². The Morgan fingerprint density at radius 3 is 2.62 bits per heavy atom. The van der Waals surface area contributed by atoms with Crippen molar-refractivity contribution in [1.29, 1.82) is 5.26 Å². The number of rotatable bonds is 2. The number of amides is 1. The number of carbonyl (C=O) groups excluding carboxylic acids is 1. The summed E-state index contributed by atoms with van der Waals surface area (Å²) in [5.74, 6) is -0.0415. The third-order valence-corrected chi connectivity index (χ3v) is 5.29. The molecule has 26 heavy (non-hydrogen) atoms. The fraction of sp³-hybridized carbons (Fsp3) is 0.300. The molecule has 1 aliphatic rings. The maximum atomic E-state index is 12.9. The molecule has 130 valence electrons. The molecular formula is C20H19N5O. The van der Waals surface area contributed by atoms with Crippen LogP contribution in [0.1, 0.15) is 28.8 Å². The Kier molecular flexibility index (Phi) is 3.92. The molecule has 1 amide bonds. The molecule has 2 aromatic heterocycles. The van der Waals surface area contributed by atoms with Gasteiger partial charge < -0.3 is 4.90 Å². The van der Waals surface area contributed by atoms with Gasteiger partial charge in [-0.05, 0) is 24.5 Å². The number of carbonyl (C=O) groups is 1. The molecule has 1 aromatic carbocycles. The number of aryl methyl sites for hydroxylation is 1. The highest BCUT2D eigenvalue weighted by atomic mass is 16.2. The minimum absolute atomic E-state index is 0.0415. The van der Waals surface area contributed by atoms with Crippen LogP contribution >= 0.6 is 0 Å². The molecule has 0 atom stereocenters. The van der Waals surface area contributed by atoms with Gasteiger partial charge in [0.25, 0.3) is 5.91 Å². The Hall–Kier alpha value is -3.20. The normalized spacial score (nSPS) is 16.4. The Balaban J connectivity index is 1.54. The Morgan fingerprint density at radius 1 is 1.19 bits per heavy atom. The summed E-state index contributed by atoms with van der Waals surface area (Å²) in [7, 11) is 1.83. The molecule has 3 aromatic rings. The molecule has 0 saturated carbocycles.